The van der Waals surface area contributed by atoms with Gasteiger partial charge in [0, 0.05) is 4.47 Å². The summed E-state index contributed by atoms with van der Waals surface area (Å²) in [7, 11) is 1.53. The molecule has 0 aromatic heterocycles. The van der Waals surface area contributed by atoms with Gasteiger partial charge in [-0.2, -0.15) is 0 Å². The van der Waals surface area contributed by atoms with Crippen molar-refractivity contribution < 1.29 is 19.4 Å². The molecule has 2 N–H and O–H groups in total. The molecule has 2 rings (SSSR count). The third-order valence-corrected chi connectivity index (χ3v) is 3.44. The molecular formula is C12H14BrNO4. The number of aliphatic hydroxyl groups is 1. The maximum atomic E-state index is 12.1. The molecule has 18 heavy (non-hydrogen) atoms. The monoisotopic (exact) mass is 315 g/mol. The zero-order valence-electron chi connectivity index (χ0n) is 9.90. The Morgan fingerprint density at radius 2 is 2.33 bits per heavy atom. The van der Waals surface area contributed by atoms with Crippen LogP contribution in [-0.4, -0.2) is 37.9 Å². The van der Waals surface area contributed by atoms with E-state index in [1.54, 1.807) is 12.1 Å². The standard InChI is InChI=1S/C12H14BrNO4/c1-17-10-3-2-8(13)4-9(10)14-11(16)12(5-15)6-18-7-12/h2-4,15H,5-7H2,1H3,(H,14,16). The lowest BCUT2D eigenvalue weighted by atomic mass is 9.86. The average Bonchev–Trinajstić information content (AvgIpc) is 2.28. The quantitative estimate of drug-likeness (QED) is 0.881. The van der Waals surface area contributed by atoms with Gasteiger partial charge in [-0.1, -0.05) is 15.9 Å². The summed E-state index contributed by atoms with van der Waals surface area (Å²) in [5, 5.41) is 12.0. The predicted molar refractivity (Wildman–Crippen MR) is 69.7 cm³/mol. The molecule has 1 aromatic rings. The van der Waals surface area contributed by atoms with Crippen molar-refractivity contribution in [1.29, 1.82) is 0 Å². The Bertz CT molecular complexity index is 454. The minimum Gasteiger partial charge on any atom is -0.495 e. The van der Waals surface area contributed by atoms with Crippen molar-refractivity contribution in [3.63, 3.8) is 0 Å². The Morgan fingerprint density at radius 1 is 1.61 bits per heavy atom. The highest BCUT2D eigenvalue weighted by atomic mass is 79.9. The lowest BCUT2D eigenvalue weighted by Crippen LogP contribution is -2.54. The molecular weight excluding hydrogens is 302 g/mol. The number of hydrogen-bond acceptors (Lipinski definition) is 4. The third kappa shape index (κ3) is 2.36. The second-order valence-corrected chi connectivity index (χ2v) is 5.15. The minimum absolute atomic E-state index is 0.227. The van der Waals surface area contributed by atoms with Gasteiger partial charge in [-0.25, -0.2) is 0 Å². The molecule has 5 nitrogen and oxygen atoms in total. The van der Waals surface area contributed by atoms with Crippen LogP contribution in [0, 0.1) is 5.41 Å². The van der Waals surface area contributed by atoms with E-state index in [0.29, 0.717) is 11.4 Å². The lowest BCUT2D eigenvalue weighted by molar-refractivity contribution is -0.164. The molecule has 0 spiro atoms. The highest BCUT2D eigenvalue weighted by Crippen LogP contribution is 2.32. The van der Waals surface area contributed by atoms with Crippen LogP contribution < -0.4 is 10.1 Å². The van der Waals surface area contributed by atoms with E-state index in [4.69, 9.17) is 9.47 Å². The van der Waals surface area contributed by atoms with Crippen LogP contribution in [0.5, 0.6) is 5.75 Å². The highest BCUT2D eigenvalue weighted by molar-refractivity contribution is 9.10. The SMILES string of the molecule is COc1ccc(Br)cc1NC(=O)C1(CO)COC1. The summed E-state index contributed by atoms with van der Waals surface area (Å²) in [5.74, 6) is 0.313. The molecule has 0 aliphatic carbocycles. The maximum absolute atomic E-state index is 12.1. The average molecular weight is 316 g/mol. The second-order valence-electron chi connectivity index (χ2n) is 4.23. The number of carbonyl (C=O) groups is 1. The van der Waals surface area contributed by atoms with E-state index < -0.39 is 5.41 Å². The molecule has 0 saturated carbocycles. The molecule has 1 fully saturated rings. The minimum atomic E-state index is -0.826. The van der Waals surface area contributed by atoms with Crippen LogP contribution in [0.1, 0.15) is 0 Å². The summed E-state index contributed by atoms with van der Waals surface area (Å²) in [5.41, 5.74) is -0.260. The van der Waals surface area contributed by atoms with Crippen LogP contribution in [-0.2, 0) is 9.53 Å². The number of halogens is 1. The zero-order chi connectivity index (χ0) is 13.2. The van der Waals surface area contributed by atoms with E-state index in [9.17, 15) is 9.90 Å². The molecule has 1 aromatic carbocycles. The fraction of sp³-hybridized carbons (Fsp3) is 0.417. The number of benzene rings is 1. The first-order valence-electron chi connectivity index (χ1n) is 5.45. The van der Waals surface area contributed by atoms with Gasteiger partial charge in [0.1, 0.15) is 11.2 Å². The number of anilines is 1. The third-order valence-electron chi connectivity index (χ3n) is 2.95. The Morgan fingerprint density at radius 3 is 2.83 bits per heavy atom. The van der Waals surface area contributed by atoms with Crippen molar-refractivity contribution >= 4 is 27.5 Å². The van der Waals surface area contributed by atoms with Crippen molar-refractivity contribution in [1.82, 2.24) is 0 Å². The largest absolute Gasteiger partial charge is 0.495 e. The lowest BCUT2D eigenvalue weighted by Gasteiger charge is -2.38. The summed E-state index contributed by atoms with van der Waals surface area (Å²) < 4.78 is 11.0. The number of ether oxygens (including phenoxy) is 2. The van der Waals surface area contributed by atoms with E-state index >= 15 is 0 Å². The fourth-order valence-electron chi connectivity index (χ4n) is 1.68. The summed E-state index contributed by atoms with van der Waals surface area (Å²) >= 11 is 3.33. The molecule has 1 aliphatic heterocycles. The van der Waals surface area contributed by atoms with Crippen molar-refractivity contribution in [2.75, 3.05) is 32.2 Å². The number of methoxy groups -OCH3 is 1. The number of rotatable bonds is 4. The predicted octanol–water partition coefficient (Wildman–Crippen LogP) is 1.41. The van der Waals surface area contributed by atoms with E-state index in [-0.39, 0.29) is 25.7 Å². The van der Waals surface area contributed by atoms with Crippen molar-refractivity contribution in [3.05, 3.63) is 22.7 Å². The number of hydrogen-bond donors (Lipinski definition) is 2. The van der Waals surface area contributed by atoms with Crippen LogP contribution in [0.3, 0.4) is 0 Å². The van der Waals surface area contributed by atoms with Crippen LogP contribution in [0.15, 0.2) is 22.7 Å². The number of carbonyl (C=O) groups excluding carboxylic acids is 1. The normalized spacial score (nSPS) is 16.8. The van der Waals surface area contributed by atoms with Gasteiger partial charge in [-0.15, -0.1) is 0 Å². The fourth-order valence-corrected chi connectivity index (χ4v) is 2.04. The Hall–Kier alpha value is -1.11. The topological polar surface area (TPSA) is 67.8 Å². The first kappa shape index (κ1) is 13.3. The smallest absolute Gasteiger partial charge is 0.237 e. The van der Waals surface area contributed by atoms with Gasteiger partial charge >= 0.3 is 0 Å². The summed E-state index contributed by atoms with van der Waals surface area (Å²) in [6.07, 6.45) is 0. The molecule has 98 valence electrons. The molecule has 1 aliphatic rings. The van der Waals surface area contributed by atoms with Gasteiger partial charge < -0.3 is 19.9 Å². The molecule has 1 heterocycles. The zero-order valence-corrected chi connectivity index (χ0v) is 11.5. The van der Waals surface area contributed by atoms with Crippen molar-refractivity contribution in [3.8, 4) is 5.75 Å². The Labute approximate surface area is 113 Å². The molecule has 1 saturated heterocycles. The van der Waals surface area contributed by atoms with Gasteiger partial charge in [0.25, 0.3) is 0 Å². The summed E-state index contributed by atoms with van der Waals surface area (Å²) in [4.78, 5) is 12.1. The van der Waals surface area contributed by atoms with E-state index in [1.165, 1.54) is 7.11 Å². The Balaban J connectivity index is 2.18. The Kier molecular flexibility index (Phi) is 3.89. The van der Waals surface area contributed by atoms with Crippen LogP contribution in [0.2, 0.25) is 0 Å². The molecule has 0 bridgehead atoms. The number of amides is 1. The molecule has 0 atom stereocenters. The van der Waals surface area contributed by atoms with Crippen LogP contribution in [0.4, 0.5) is 5.69 Å². The van der Waals surface area contributed by atoms with Gasteiger partial charge in [0.15, 0.2) is 0 Å². The van der Waals surface area contributed by atoms with Gasteiger partial charge in [0.2, 0.25) is 5.91 Å². The van der Waals surface area contributed by atoms with Gasteiger partial charge in [0.05, 0.1) is 32.6 Å². The highest BCUT2D eigenvalue weighted by Gasteiger charge is 2.45. The maximum Gasteiger partial charge on any atom is 0.237 e. The molecule has 0 unspecified atom stereocenters. The number of nitrogens with one attached hydrogen (secondary N) is 1. The summed E-state index contributed by atoms with van der Waals surface area (Å²) in [6.45, 7) is 0.256. The molecule has 6 heteroatoms. The van der Waals surface area contributed by atoms with Crippen molar-refractivity contribution in [2.24, 2.45) is 5.41 Å². The van der Waals surface area contributed by atoms with Crippen LogP contribution >= 0.6 is 15.9 Å². The van der Waals surface area contributed by atoms with E-state index in [2.05, 4.69) is 21.2 Å². The van der Waals surface area contributed by atoms with E-state index in [1.807, 2.05) is 6.07 Å². The summed E-state index contributed by atoms with van der Waals surface area (Å²) in [6, 6.07) is 5.33. The number of aliphatic hydroxyl groups excluding tert-OH is 1. The first-order chi connectivity index (χ1) is 8.61. The van der Waals surface area contributed by atoms with Crippen LogP contribution in [0.25, 0.3) is 0 Å². The molecule has 1 amide bonds. The van der Waals surface area contributed by atoms with Gasteiger partial charge in [-0.05, 0) is 18.2 Å². The van der Waals surface area contributed by atoms with Crippen molar-refractivity contribution in [2.45, 2.75) is 0 Å². The first-order valence-corrected chi connectivity index (χ1v) is 6.24. The second kappa shape index (κ2) is 5.26. The van der Waals surface area contributed by atoms with Gasteiger partial charge in [-0.3, -0.25) is 4.79 Å². The van der Waals surface area contributed by atoms with E-state index in [0.717, 1.165) is 4.47 Å². The molecule has 0 radical (unpaired) electrons.